The van der Waals surface area contributed by atoms with Crippen molar-refractivity contribution < 1.29 is 13.9 Å². The van der Waals surface area contributed by atoms with Crippen molar-refractivity contribution in [2.24, 2.45) is 0 Å². The van der Waals surface area contributed by atoms with E-state index >= 15 is 0 Å². The minimum atomic E-state index is -0.395. The highest BCUT2D eigenvalue weighted by molar-refractivity contribution is 5.45. The standard InChI is InChI=1S/C30H37F2N3O/c1-33(28-6-3-2-4-7-28)22-29(36)23-35-20-18-34(19-21-35)17-5-8-30(24-9-13-26(31)14-10-24)25-11-15-27(32)16-12-25/h2-4,6-7,9-16,29-30,36H,5,8,17-23H2,1H3. The van der Waals surface area contributed by atoms with Crippen LogP contribution >= 0.6 is 0 Å². The van der Waals surface area contributed by atoms with Gasteiger partial charge in [0.25, 0.3) is 0 Å². The Morgan fingerprint density at radius 2 is 1.31 bits per heavy atom. The maximum Gasteiger partial charge on any atom is 0.123 e. The molecule has 6 heteroatoms. The van der Waals surface area contributed by atoms with Crippen LogP contribution in [0.2, 0.25) is 0 Å². The first kappa shape index (κ1) is 26.3. The quantitative estimate of drug-likeness (QED) is 0.408. The molecule has 1 heterocycles. The fraction of sp³-hybridized carbons (Fsp3) is 0.400. The van der Waals surface area contributed by atoms with Crippen molar-refractivity contribution in [2.75, 3.05) is 57.8 Å². The van der Waals surface area contributed by atoms with Crippen LogP contribution in [0.5, 0.6) is 0 Å². The number of piperazine rings is 1. The molecule has 0 saturated carbocycles. The molecule has 1 unspecified atom stereocenters. The van der Waals surface area contributed by atoms with E-state index in [2.05, 4.69) is 26.8 Å². The molecule has 1 atom stereocenters. The first-order valence-electron chi connectivity index (χ1n) is 12.9. The lowest BCUT2D eigenvalue weighted by atomic mass is 9.87. The average Bonchev–Trinajstić information content (AvgIpc) is 2.89. The number of halogens is 2. The van der Waals surface area contributed by atoms with Crippen molar-refractivity contribution in [1.29, 1.82) is 0 Å². The van der Waals surface area contributed by atoms with E-state index < -0.39 is 6.10 Å². The number of hydrogen-bond acceptors (Lipinski definition) is 4. The van der Waals surface area contributed by atoms with Crippen molar-refractivity contribution in [3.63, 3.8) is 0 Å². The summed E-state index contributed by atoms with van der Waals surface area (Å²) in [5.74, 6) is -0.373. The van der Waals surface area contributed by atoms with E-state index in [0.717, 1.165) is 62.4 Å². The molecule has 1 aliphatic rings. The molecule has 3 aromatic carbocycles. The predicted octanol–water partition coefficient (Wildman–Crippen LogP) is 4.99. The molecule has 1 saturated heterocycles. The van der Waals surface area contributed by atoms with Gasteiger partial charge in [0.15, 0.2) is 0 Å². The summed E-state index contributed by atoms with van der Waals surface area (Å²) >= 11 is 0. The van der Waals surface area contributed by atoms with Crippen LogP contribution in [0.25, 0.3) is 0 Å². The second-order valence-corrected chi connectivity index (χ2v) is 9.81. The summed E-state index contributed by atoms with van der Waals surface area (Å²) in [5, 5.41) is 10.6. The van der Waals surface area contributed by atoms with Crippen molar-refractivity contribution in [3.8, 4) is 0 Å². The Morgan fingerprint density at radius 1 is 0.778 bits per heavy atom. The van der Waals surface area contributed by atoms with E-state index in [1.165, 1.54) is 24.3 Å². The number of rotatable bonds is 11. The van der Waals surface area contributed by atoms with Gasteiger partial charge in [-0.25, -0.2) is 8.78 Å². The first-order chi connectivity index (χ1) is 17.5. The van der Waals surface area contributed by atoms with Gasteiger partial charge < -0.3 is 14.9 Å². The van der Waals surface area contributed by atoms with Crippen LogP contribution in [0.1, 0.15) is 29.9 Å². The maximum absolute atomic E-state index is 13.5. The molecule has 0 radical (unpaired) electrons. The van der Waals surface area contributed by atoms with Crippen molar-refractivity contribution >= 4 is 5.69 Å². The van der Waals surface area contributed by atoms with E-state index in [4.69, 9.17) is 0 Å². The van der Waals surface area contributed by atoms with Crippen LogP contribution in [0, 0.1) is 11.6 Å². The van der Waals surface area contributed by atoms with Gasteiger partial charge in [-0.3, -0.25) is 4.90 Å². The number of aliphatic hydroxyl groups is 1. The molecule has 0 aliphatic carbocycles. The second kappa shape index (κ2) is 12.9. The van der Waals surface area contributed by atoms with Crippen LogP contribution < -0.4 is 4.90 Å². The highest BCUT2D eigenvalue weighted by Crippen LogP contribution is 2.30. The van der Waals surface area contributed by atoms with E-state index in [-0.39, 0.29) is 17.6 Å². The molecule has 0 spiro atoms. The molecule has 3 aromatic rings. The SMILES string of the molecule is CN(CC(O)CN1CCN(CCCC(c2ccc(F)cc2)c2ccc(F)cc2)CC1)c1ccccc1. The zero-order chi connectivity index (χ0) is 25.3. The monoisotopic (exact) mass is 493 g/mol. The number of nitrogens with zero attached hydrogens (tertiary/aromatic N) is 3. The first-order valence-corrected chi connectivity index (χ1v) is 12.9. The third-order valence-corrected chi connectivity index (χ3v) is 7.13. The summed E-state index contributed by atoms with van der Waals surface area (Å²) in [7, 11) is 2.02. The van der Waals surface area contributed by atoms with E-state index in [0.29, 0.717) is 13.1 Å². The Labute approximate surface area is 213 Å². The average molecular weight is 494 g/mol. The Balaban J connectivity index is 1.22. The van der Waals surface area contributed by atoms with Crippen LogP contribution in [0.15, 0.2) is 78.9 Å². The van der Waals surface area contributed by atoms with Gasteiger partial charge in [0, 0.05) is 57.9 Å². The number of hydrogen-bond donors (Lipinski definition) is 1. The van der Waals surface area contributed by atoms with E-state index in [9.17, 15) is 13.9 Å². The molecular weight excluding hydrogens is 456 g/mol. The minimum absolute atomic E-state index is 0.115. The van der Waals surface area contributed by atoms with Crippen molar-refractivity contribution in [2.45, 2.75) is 24.9 Å². The summed E-state index contributed by atoms with van der Waals surface area (Å²) < 4.78 is 26.9. The minimum Gasteiger partial charge on any atom is -0.390 e. The van der Waals surface area contributed by atoms with Gasteiger partial charge >= 0.3 is 0 Å². The largest absolute Gasteiger partial charge is 0.390 e. The molecule has 1 N–H and O–H groups in total. The van der Waals surface area contributed by atoms with Gasteiger partial charge in [-0.15, -0.1) is 0 Å². The lowest BCUT2D eigenvalue weighted by molar-refractivity contribution is 0.0753. The topological polar surface area (TPSA) is 30.0 Å². The Kier molecular flexibility index (Phi) is 9.45. The number of anilines is 1. The lowest BCUT2D eigenvalue weighted by Gasteiger charge is -2.36. The van der Waals surface area contributed by atoms with Gasteiger partial charge in [0.05, 0.1) is 6.10 Å². The molecule has 1 aliphatic heterocycles. The maximum atomic E-state index is 13.5. The molecule has 0 amide bonds. The number of para-hydroxylation sites is 1. The van der Waals surface area contributed by atoms with Gasteiger partial charge in [-0.05, 0) is 66.9 Å². The van der Waals surface area contributed by atoms with E-state index in [1.54, 1.807) is 0 Å². The Bertz CT molecular complexity index is 993. The van der Waals surface area contributed by atoms with Gasteiger partial charge in [0.1, 0.15) is 11.6 Å². The summed E-state index contributed by atoms with van der Waals surface area (Å²) in [6, 6.07) is 23.5. The fourth-order valence-corrected chi connectivity index (χ4v) is 5.09. The normalized spacial score (nSPS) is 15.8. The fourth-order valence-electron chi connectivity index (χ4n) is 5.09. The smallest absolute Gasteiger partial charge is 0.123 e. The van der Waals surface area contributed by atoms with E-state index in [1.807, 2.05) is 49.5 Å². The van der Waals surface area contributed by atoms with Crippen LogP contribution in [-0.2, 0) is 0 Å². The summed E-state index contributed by atoms with van der Waals surface area (Å²) in [6.45, 7) is 6.15. The van der Waals surface area contributed by atoms with Gasteiger partial charge in [-0.1, -0.05) is 42.5 Å². The number of aliphatic hydroxyl groups excluding tert-OH is 1. The molecule has 0 bridgehead atoms. The van der Waals surface area contributed by atoms with Gasteiger partial charge in [0.2, 0.25) is 0 Å². The number of likely N-dealkylation sites (N-methyl/N-ethyl adjacent to an activating group) is 1. The van der Waals surface area contributed by atoms with Crippen LogP contribution in [0.4, 0.5) is 14.5 Å². The predicted molar refractivity (Wildman–Crippen MR) is 142 cm³/mol. The zero-order valence-corrected chi connectivity index (χ0v) is 21.1. The molecular formula is C30H37F2N3O. The molecule has 4 nitrogen and oxygen atoms in total. The summed E-state index contributed by atoms with van der Waals surface area (Å²) in [5.41, 5.74) is 3.23. The number of benzene rings is 3. The van der Waals surface area contributed by atoms with Crippen molar-refractivity contribution in [1.82, 2.24) is 9.80 Å². The molecule has 0 aromatic heterocycles. The van der Waals surface area contributed by atoms with Gasteiger partial charge in [-0.2, -0.15) is 0 Å². The highest BCUT2D eigenvalue weighted by Gasteiger charge is 2.21. The zero-order valence-electron chi connectivity index (χ0n) is 21.1. The Hall–Kier alpha value is -2.80. The lowest BCUT2D eigenvalue weighted by Crippen LogP contribution is -2.50. The third-order valence-electron chi connectivity index (χ3n) is 7.13. The number of β-amino-alcohol motifs (C(OH)–C–C–N with tert-alkyl or cyclic N) is 1. The van der Waals surface area contributed by atoms with Crippen molar-refractivity contribution in [3.05, 3.63) is 102 Å². The second-order valence-electron chi connectivity index (χ2n) is 9.81. The molecule has 4 rings (SSSR count). The molecule has 36 heavy (non-hydrogen) atoms. The molecule has 1 fully saturated rings. The Morgan fingerprint density at radius 3 is 1.86 bits per heavy atom. The molecule has 192 valence electrons. The summed E-state index contributed by atoms with van der Waals surface area (Å²) in [6.07, 6.45) is 1.53. The highest BCUT2D eigenvalue weighted by atomic mass is 19.1. The van der Waals surface area contributed by atoms with Crippen LogP contribution in [-0.4, -0.2) is 73.9 Å². The third kappa shape index (κ3) is 7.60. The summed E-state index contributed by atoms with van der Waals surface area (Å²) in [4.78, 5) is 6.92. The van der Waals surface area contributed by atoms with Crippen LogP contribution in [0.3, 0.4) is 0 Å².